The van der Waals surface area contributed by atoms with Crippen molar-refractivity contribution in [3.05, 3.63) is 32.2 Å². The van der Waals surface area contributed by atoms with E-state index in [1.165, 1.54) is 14.1 Å². The Morgan fingerprint density at radius 2 is 1.72 bits per heavy atom. The van der Waals surface area contributed by atoms with Gasteiger partial charge in [-0.1, -0.05) is 11.8 Å². The van der Waals surface area contributed by atoms with Gasteiger partial charge in [0.1, 0.15) is 11.4 Å². The zero-order valence-electron chi connectivity index (χ0n) is 13.3. The predicted octanol–water partition coefficient (Wildman–Crippen LogP) is -0.212. The molecule has 0 saturated heterocycles. The minimum atomic E-state index is -4.68. The number of nitrogens with zero attached hydrogens (tertiary/aromatic N) is 5. The van der Waals surface area contributed by atoms with Gasteiger partial charge in [0.05, 0.1) is 5.75 Å². The van der Waals surface area contributed by atoms with E-state index in [-0.39, 0.29) is 11.0 Å². The molecule has 0 aromatic carbocycles. The molecule has 0 spiro atoms. The summed E-state index contributed by atoms with van der Waals surface area (Å²) in [5.74, 6) is -2.66. The number of nitrogens with two attached hydrogens (primary N) is 1. The largest absolute Gasteiger partial charge is 0.451 e. The van der Waals surface area contributed by atoms with Gasteiger partial charge in [0.15, 0.2) is 10.9 Å². The zero-order valence-corrected chi connectivity index (χ0v) is 14.1. The topological polar surface area (TPSA) is 118 Å². The highest BCUT2D eigenvalue weighted by Crippen LogP contribution is 2.29. The number of nitrogen functional groups attached to an aromatic ring is 1. The summed E-state index contributed by atoms with van der Waals surface area (Å²) in [6.07, 6.45) is -4.68. The molecule has 0 radical (unpaired) electrons. The Kier molecular flexibility index (Phi) is 4.79. The number of hydrogen-bond donors (Lipinski definition) is 1. The van der Waals surface area contributed by atoms with Crippen LogP contribution in [0.4, 0.5) is 19.0 Å². The molecule has 2 heterocycles. The van der Waals surface area contributed by atoms with Gasteiger partial charge < -0.3 is 10.3 Å². The van der Waals surface area contributed by atoms with Crippen molar-refractivity contribution >= 4 is 23.4 Å². The highest BCUT2D eigenvalue weighted by atomic mass is 32.2. The highest BCUT2D eigenvalue weighted by Gasteiger charge is 2.37. The third kappa shape index (κ3) is 3.31. The summed E-state index contributed by atoms with van der Waals surface area (Å²) in [6.45, 7) is 0. The fourth-order valence-corrected chi connectivity index (χ4v) is 2.79. The van der Waals surface area contributed by atoms with Gasteiger partial charge in [-0.15, -0.1) is 10.2 Å². The molecule has 0 aliphatic rings. The Morgan fingerprint density at radius 1 is 1.12 bits per heavy atom. The first-order chi connectivity index (χ1) is 11.5. The molecular formula is C12H13F3N6O3S. The lowest BCUT2D eigenvalue weighted by Crippen LogP contribution is -2.41. The van der Waals surface area contributed by atoms with E-state index in [0.717, 1.165) is 16.2 Å². The van der Waals surface area contributed by atoms with Crippen LogP contribution in [0.25, 0.3) is 0 Å². The van der Waals surface area contributed by atoms with Crippen LogP contribution >= 0.6 is 11.8 Å². The summed E-state index contributed by atoms with van der Waals surface area (Å²) < 4.78 is 40.3. The van der Waals surface area contributed by atoms with Crippen molar-refractivity contribution in [3.63, 3.8) is 0 Å². The van der Waals surface area contributed by atoms with Crippen molar-refractivity contribution < 1.29 is 18.0 Å². The molecule has 0 aliphatic carbocycles. The van der Waals surface area contributed by atoms with Crippen LogP contribution < -0.4 is 17.0 Å². The molecule has 2 aromatic rings. The quantitative estimate of drug-likeness (QED) is 0.578. The number of alkyl halides is 3. The Labute approximate surface area is 142 Å². The summed E-state index contributed by atoms with van der Waals surface area (Å²) in [7, 11) is 3.58. The molecule has 2 aromatic heterocycles. The lowest BCUT2D eigenvalue weighted by molar-refractivity contribution is -0.147. The van der Waals surface area contributed by atoms with Crippen LogP contribution in [0.2, 0.25) is 0 Å². The van der Waals surface area contributed by atoms with Crippen LogP contribution in [0.5, 0.6) is 0 Å². The fourth-order valence-electron chi connectivity index (χ4n) is 2.01. The number of hydrogen-bond acceptors (Lipinski definition) is 7. The monoisotopic (exact) mass is 378 g/mol. The molecule has 0 saturated carbocycles. The van der Waals surface area contributed by atoms with Gasteiger partial charge in [-0.3, -0.25) is 18.7 Å². The smallest absolute Gasteiger partial charge is 0.384 e. The Balaban J connectivity index is 2.30. The SMILES string of the molecule is Cn1c(SCC(=O)c2c(N)n(C)c(=O)n(C)c2=O)nnc1C(F)(F)F. The first-order valence-corrected chi connectivity index (χ1v) is 7.63. The number of halogens is 3. The number of rotatable bonds is 4. The Hall–Kier alpha value is -2.57. The number of Topliss-reactive ketones (excluding diaryl/α,β-unsaturated/α-hetero) is 1. The summed E-state index contributed by atoms with van der Waals surface area (Å²) in [6, 6.07) is 0. The average molecular weight is 378 g/mol. The number of aromatic nitrogens is 5. The van der Waals surface area contributed by atoms with E-state index >= 15 is 0 Å². The molecule has 0 amide bonds. The van der Waals surface area contributed by atoms with Crippen molar-refractivity contribution in [1.82, 2.24) is 23.9 Å². The number of anilines is 1. The van der Waals surface area contributed by atoms with Crippen molar-refractivity contribution in [2.24, 2.45) is 21.1 Å². The van der Waals surface area contributed by atoms with Crippen molar-refractivity contribution in [2.45, 2.75) is 11.3 Å². The van der Waals surface area contributed by atoms with E-state index in [1.54, 1.807) is 0 Å². The zero-order chi connectivity index (χ0) is 19.1. The molecule has 13 heteroatoms. The molecule has 2 rings (SSSR count). The highest BCUT2D eigenvalue weighted by molar-refractivity contribution is 7.99. The Morgan fingerprint density at radius 3 is 2.24 bits per heavy atom. The number of carbonyl (C=O) groups is 1. The lowest BCUT2D eigenvalue weighted by atomic mass is 10.2. The summed E-state index contributed by atoms with van der Waals surface area (Å²) in [4.78, 5) is 36.1. The van der Waals surface area contributed by atoms with Gasteiger partial charge >= 0.3 is 11.9 Å². The maximum atomic E-state index is 12.7. The number of ketones is 1. The minimum absolute atomic E-state index is 0.152. The lowest BCUT2D eigenvalue weighted by Gasteiger charge is -2.10. The van der Waals surface area contributed by atoms with Gasteiger partial charge in [0.2, 0.25) is 5.82 Å². The van der Waals surface area contributed by atoms with E-state index in [1.807, 2.05) is 0 Å². The molecule has 9 nitrogen and oxygen atoms in total. The van der Waals surface area contributed by atoms with E-state index in [4.69, 9.17) is 5.73 Å². The van der Waals surface area contributed by atoms with Gasteiger partial charge in [0, 0.05) is 21.1 Å². The molecule has 0 aliphatic heterocycles. The maximum absolute atomic E-state index is 12.7. The van der Waals surface area contributed by atoms with Gasteiger partial charge in [-0.25, -0.2) is 4.79 Å². The maximum Gasteiger partial charge on any atom is 0.451 e. The van der Waals surface area contributed by atoms with Crippen LogP contribution in [0, 0.1) is 0 Å². The first kappa shape index (κ1) is 18.8. The normalized spacial score (nSPS) is 11.8. The number of thioether (sulfide) groups is 1. The van der Waals surface area contributed by atoms with Crippen molar-refractivity contribution in [2.75, 3.05) is 11.5 Å². The van der Waals surface area contributed by atoms with E-state index in [2.05, 4.69) is 10.2 Å². The van der Waals surface area contributed by atoms with Crippen LogP contribution in [0.1, 0.15) is 16.2 Å². The van der Waals surface area contributed by atoms with Crippen molar-refractivity contribution in [3.8, 4) is 0 Å². The average Bonchev–Trinajstić information content (AvgIpc) is 2.90. The Bertz CT molecular complexity index is 959. The van der Waals surface area contributed by atoms with Crippen LogP contribution in [0.3, 0.4) is 0 Å². The molecule has 2 N–H and O–H groups in total. The molecule has 0 fully saturated rings. The second-order valence-electron chi connectivity index (χ2n) is 5.04. The first-order valence-electron chi connectivity index (χ1n) is 6.64. The number of carbonyl (C=O) groups excluding carboxylic acids is 1. The summed E-state index contributed by atoms with van der Waals surface area (Å²) in [5, 5.41) is 6.26. The summed E-state index contributed by atoms with van der Waals surface area (Å²) >= 11 is 0.669. The predicted molar refractivity (Wildman–Crippen MR) is 82.4 cm³/mol. The van der Waals surface area contributed by atoms with Crippen LogP contribution in [-0.2, 0) is 27.3 Å². The third-order valence-corrected chi connectivity index (χ3v) is 4.43. The van der Waals surface area contributed by atoms with E-state index in [9.17, 15) is 27.6 Å². The van der Waals surface area contributed by atoms with Crippen LogP contribution in [-0.4, -0.2) is 35.4 Å². The molecule has 0 bridgehead atoms. The van der Waals surface area contributed by atoms with Gasteiger partial charge in [-0.05, 0) is 0 Å². The molecule has 0 unspecified atom stereocenters. The molecule has 0 atom stereocenters. The van der Waals surface area contributed by atoms with Gasteiger partial charge in [-0.2, -0.15) is 13.2 Å². The molecule has 25 heavy (non-hydrogen) atoms. The summed E-state index contributed by atoms with van der Waals surface area (Å²) in [5.41, 5.74) is 3.67. The molecule has 136 valence electrons. The third-order valence-electron chi connectivity index (χ3n) is 3.41. The minimum Gasteiger partial charge on any atom is -0.384 e. The fraction of sp³-hybridized carbons (Fsp3) is 0.417. The second kappa shape index (κ2) is 6.38. The second-order valence-corrected chi connectivity index (χ2v) is 5.98. The standard InChI is InChI=1S/C12H13F3N6O3S/c1-19-7(16)6(8(23)20(2)11(19)24)5(22)4-25-10-18-17-9(21(10)3)12(13,14)15/h4,16H2,1-3H3. The van der Waals surface area contributed by atoms with E-state index in [0.29, 0.717) is 16.3 Å². The van der Waals surface area contributed by atoms with Crippen molar-refractivity contribution in [1.29, 1.82) is 0 Å². The van der Waals surface area contributed by atoms with Crippen LogP contribution in [0.15, 0.2) is 14.7 Å². The van der Waals surface area contributed by atoms with Gasteiger partial charge in [0.25, 0.3) is 5.56 Å². The van der Waals surface area contributed by atoms with E-state index < -0.39 is 40.3 Å². The molecular weight excluding hydrogens is 365 g/mol.